The van der Waals surface area contributed by atoms with Gasteiger partial charge in [0.25, 0.3) is 0 Å². The van der Waals surface area contributed by atoms with E-state index in [0.29, 0.717) is 9.79 Å². The molecule has 0 unspecified atom stereocenters. The Kier molecular flexibility index (Phi) is 6.33. The summed E-state index contributed by atoms with van der Waals surface area (Å²) in [5.74, 6) is 0. The lowest BCUT2D eigenvalue weighted by Crippen LogP contribution is -2.12. The van der Waals surface area contributed by atoms with Crippen LogP contribution in [0.5, 0.6) is 0 Å². The molecule has 230 valence electrons. The first-order valence-electron chi connectivity index (χ1n) is 16.2. The molecule has 0 aliphatic carbocycles. The number of nitrogens with zero attached hydrogens (tertiary/aromatic N) is 1. The first kappa shape index (κ1) is 28.5. The van der Waals surface area contributed by atoms with Gasteiger partial charge >= 0.3 is 0 Å². The highest BCUT2D eigenvalue weighted by molar-refractivity contribution is 7.92. The second kappa shape index (κ2) is 10.7. The van der Waals surface area contributed by atoms with Gasteiger partial charge in [-0.25, -0.2) is 8.42 Å². The molecule has 0 saturated heterocycles. The largest absolute Gasteiger partial charge is 0.309 e. The maximum atomic E-state index is 13.6. The molecule has 8 aromatic rings. The van der Waals surface area contributed by atoms with Crippen molar-refractivity contribution in [1.29, 1.82) is 0 Å². The predicted octanol–water partition coefficient (Wildman–Crippen LogP) is 11.7. The minimum Gasteiger partial charge on any atom is -0.309 e. The van der Waals surface area contributed by atoms with Crippen LogP contribution in [0.4, 0.5) is 17.1 Å². The van der Waals surface area contributed by atoms with Crippen molar-refractivity contribution in [1.82, 2.24) is 0 Å². The van der Waals surface area contributed by atoms with E-state index in [-0.39, 0.29) is 0 Å². The summed E-state index contributed by atoms with van der Waals surface area (Å²) in [4.78, 5) is 3.09. The van der Waals surface area contributed by atoms with Crippen LogP contribution in [0.15, 0.2) is 161 Å². The lowest BCUT2D eigenvalue weighted by molar-refractivity contribution is 0.598. The second-order valence-corrected chi connectivity index (χ2v) is 14.6. The van der Waals surface area contributed by atoms with Gasteiger partial charge in [-0.3, -0.25) is 0 Å². The molecule has 9 rings (SSSR count). The van der Waals surface area contributed by atoms with Crippen LogP contribution < -0.4 is 4.90 Å². The summed E-state index contributed by atoms with van der Waals surface area (Å²) in [7, 11) is -3.60. The molecular weight excluding hydrogens is 607 g/mol. The zero-order valence-corrected chi connectivity index (χ0v) is 27.4. The van der Waals surface area contributed by atoms with E-state index in [0.717, 1.165) is 66.2 Å². The van der Waals surface area contributed by atoms with Crippen molar-refractivity contribution in [2.45, 2.75) is 23.6 Å². The maximum absolute atomic E-state index is 13.6. The first-order chi connectivity index (χ1) is 23.4. The number of rotatable bonds is 4. The molecule has 0 fully saturated rings. The Balaban J connectivity index is 1.47. The van der Waals surface area contributed by atoms with Crippen LogP contribution in [0.3, 0.4) is 0 Å². The van der Waals surface area contributed by atoms with Gasteiger partial charge in [0, 0.05) is 33.5 Å². The van der Waals surface area contributed by atoms with Gasteiger partial charge < -0.3 is 4.90 Å². The van der Waals surface area contributed by atoms with Crippen LogP contribution in [0.25, 0.3) is 54.6 Å². The van der Waals surface area contributed by atoms with Gasteiger partial charge in [-0.2, -0.15) is 0 Å². The number of anilines is 3. The molecule has 1 heterocycles. The van der Waals surface area contributed by atoms with Gasteiger partial charge in [-0.15, -0.1) is 0 Å². The molecule has 0 spiro atoms. The molecule has 0 aromatic heterocycles. The number of aryl methyl sites for hydroxylation is 2. The normalized spacial score (nSPS) is 13.1. The Morgan fingerprint density at radius 3 is 1.67 bits per heavy atom. The van der Waals surface area contributed by atoms with Crippen LogP contribution in [0.2, 0.25) is 0 Å². The third kappa shape index (κ3) is 4.30. The summed E-state index contributed by atoms with van der Waals surface area (Å²) in [5, 5.41) is 6.88. The molecule has 0 saturated carbocycles. The fourth-order valence-electron chi connectivity index (χ4n) is 7.35. The van der Waals surface area contributed by atoms with Gasteiger partial charge in [0.05, 0.1) is 15.5 Å². The van der Waals surface area contributed by atoms with Crippen molar-refractivity contribution < 1.29 is 8.42 Å². The fraction of sp³-hybridized carbons (Fsp3) is 0.0455. The lowest BCUT2D eigenvalue weighted by Gasteiger charge is -2.31. The zero-order chi connectivity index (χ0) is 32.6. The highest BCUT2D eigenvalue weighted by atomic mass is 32.2. The van der Waals surface area contributed by atoms with E-state index in [1.807, 2.05) is 18.2 Å². The number of hydrogen-bond donors (Lipinski definition) is 0. The summed E-state index contributed by atoms with van der Waals surface area (Å²) < 4.78 is 27.3. The zero-order valence-electron chi connectivity index (χ0n) is 26.6. The summed E-state index contributed by atoms with van der Waals surface area (Å²) in [6, 6.07) is 52.3. The summed E-state index contributed by atoms with van der Waals surface area (Å²) in [6.45, 7) is 4.22. The average Bonchev–Trinajstić information content (AvgIpc) is 3.34. The topological polar surface area (TPSA) is 37.4 Å². The molecule has 0 radical (unpaired) electrons. The SMILES string of the molecule is Cc1ccc(N(c2ccc(C)cc2)c2c(-c3ccc4c(c3)-c3ccccc3S4(=O)=O)c3cc4ccccc4cc3c3ccccc23)cc1. The highest BCUT2D eigenvalue weighted by Gasteiger charge is 2.33. The molecule has 0 N–H and O–H groups in total. The number of hydrogen-bond acceptors (Lipinski definition) is 3. The third-order valence-corrected chi connectivity index (χ3v) is 11.6. The standard InChI is InChI=1S/C44H31NO2S/c1-28-15-20-33(21-16-28)45(34-22-17-29(2)18-23-34)44-37-13-6-5-11-35(37)38-25-30-9-3-4-10-31(30)26-40(38)43(44)32-19-24-42-39(27-32)36-12-7-8-14-41(36)48(42,46)47/h3-27H,1-2H3. The summed E-state index contributed by atoms with van der Waals surface area (Å²) in [5.41, 5.74) is 9.04. The van der Waals surface area contributed by atoms with Crippen LogP contribution >= 0.6 is 0 Å². The molecule has 0 atom stereocenters. The molecule has 3 nitrogen and oxygen atoms in total. The van der Waals surface area contributed by atoms with Crippen LogP contribution in [0.1, 0.15) is 11.1 Å². The van der Waals surface area contributed by atoms with Crippen molar-refractivity contribution >= 4 is 59.2 Å². The Morgan fingerprint density at radius 1 is 0.458 bits per heavy atom. The molecule has 0 bridgehead atoms. The Bertz CT molecular complexity index is 2650. The van der Waals surface area contributed by atoms with Gasteiger partial charge in [0.15, 0.2) is 0 Å². The van der Waals surface area contributed by atoms with Crippen molar-refractivity contribution in [3.8, 4) is 22.3 Å². The van der Waals surface area contributed by atoms with Gasteiger partial charge in [-0.05, 0) is 101 Å². The van der Waals surface area contributed by atoms with Crippen LogP contribution in [-0.2, 0) is 9.84 Å². The molecule has 48 heavy (non-hydrogen) atoms. The summed E-state index contributed by atoms with van der Waals surface area (Å²) in [6.07, 6.45) is 0. The highest BCUT2D eigenvalue weighted by Crippen LogP contribution is 2.52. The van der Waals surface area contributed by atoms with Crippen molar-refractivity contribution in [2.75, 3.05) is 4.90 Å². The van der Waals surface area contributed by atoms with Crippen molar-refractivity contribution in [2.24, 2.45) is 0 Å². The van der Waals surface area contributed by atoms with E-state index in [2.05, 4.69) is 134 Å². The van der Waals surface area contributed by atoms with Crippen molar-refractivity contribution in [3.63, 3.8) is 0 Å². The minimum absolute atomic E-state index is 0.360. The molecule has 0 amide bonds. The van der Waals surface area contributed by atoms with E-state index in [4.69, 9.17) is 0 Å². The number of fused-ring (bicyclic) bond motifs is 7. The lowest BCUT2D eigenvalue weighted by atomic mass is 9.87. The monoisotopic (exact) mass is 637 g/mol. The van der Waals surface area contributed by atoms with Gasteiger partial charge in [0.2, 0.25) is 9.84 Å². The molecule has 4 heteroatoms. The van der Waals surface area contributed by atoms with E-state index < -0.39 is 9.84 Å². The van der Waals surface area contributed by atoms with E-state index in [9.17, 15) is 8.42 Å². The van der Waals surface area contributed by atoms with Crippen LogP contribution in [0, 0.1) is 13.8 Å². The number of sulfone groups is 1. The van der Waals surface area contributed by atoms with Gasteiger partial charge in [0.1, 0.15) is 0 Å². The summed E-state index contributed by atoms with van der Waals surface area (Å²) >= 11 is 0. The third-order valence-electron chi connectivity index (χ3n) is 9.70. The van der Waals surface area contributed by atoms with Crippen LogP contribution in [-0.4, -0.2) is 8.42 Å². The second-order valence-electron chi connectivity index (χ2n) is 12.7. The smallest absolute Gasteiger partial charge is 0.207 e. The minimum atomic E-state index is -3.60. The molecule has 1 aliphatic rings. The average molecular weight is 638 g/mol. The molecule has 1 aliphatic heterocycles. The first-order valence-corrected chi connectivity index (χ1v) is 17.7. The quantitative estimate of drug-likeness (QED) is 0.142. The van der Waals surface area contributed by atoms with Gasteiger partial charge in [-0.1, -0.05) is 108 Å². The van der Waals surface area contributed by atoms with E-state index in [1.165, 1.54) is 16.5 Å². The Labute approximate surface area is 280 Å². The predicted molar refractivity (Wildman–Crippen MR) is 199 cm³/mol. The molecular formula is C44H31NO2S. The van der Waals surface area contributed by atoms with E-state index in [1.54, 1.807) is 18.2 Å². The van der Waals surface area contributed by atoms with Crippen molar-refractivity contribution in [3.05, 3.63) is 163 Å². The number of benzene rings is 8. The molecule has 8 aromatic carbocycles. The van der Waals surface area contributed by atoms with E-state index >= 15 is 0 Å². The Hall–Kier alpha value is -5.71. The Morgan fingerprint density at radius 2 is 1.00 bits per heavy atom. The fourth-order valence-corrected chi connectivity index (χ4v) is 9.02. The maximum Gasteiger partial charge on any atom is 0.207 e.